The molecular weight excluding hydrogens is 432 g/mol. The summed E-state index contributed by atoms with van der Waals surface area (Å²) in [6.45, 7) is 1.00. The first kappa shape index (κ1) is 22.4. The Balaban J connectivity index is 1.54. The van der Waals surface area contributed by atoms with E-state index in [9.17, 15) is 9.59 Å². The monoisotopic (exact) mass is 458 g/mol. The third-order valence-corrected chi connectivity index (χ3v) is 6.44. The van der Waals surface area contributed by atoms with Gasteiger partial charge in [0, 0.05) is 19.3 Å². The quantitative estimate of drug-likeness (QED) is 0.604. The van der Waals surface area contributed by atoms with Crippen LogP contribution in [0.2, 0.25) is 5.02 Å². The predicted molar refractivity (Wildman–Crippen MR) is 122 cm³/mol. The van der Waals surface area contributed by atoms with E-state index in [1.54, 1.807) is 25.3 Å². The molecule has 1 aliphatic heterocycles. The number of methoxy groups -OCH3 is 1. The van der Waals surface area contributed by atoms with Crippen molar-refractivity contribution in [2.45, 2.75) is 37.5 Å². The molecule has 0 saturated heterocycles. The Labute approximate surface area is 192 Å². The van der Waals surface area contributed by atoms with Crippen LogP contribution in [0.3, 0.4) is 0 Å². The highest BCUT2D eigenvalue weighted by Gasteiger charge is 2.42. The number of hydrogen-bond acceptors (Lipinski definition) is 5. The third-order valence-electron chi connectivity index (χ3n) is 6.13. The summed E-state index contributed by atoms with van der Waals surface area (Å²) in [5.41, 5.74) is 1.18. The van der Waals surface area contributed by atoms with Gasteiger partial charge in [0.05, 0.1) is 22.6 Å². The van der Waals surface area contributed by atoms with E-state index in [4.69, 9.17) is 25.8 Å². The summed E-state index contributed by atoms with van der Waals surface area (Å²) in [5.74, 6) is 1.01. The first-order chi connectivity index (χ1) is 15.5. The number of ether oxygens (including phenoxy) is 3. The van der Waals surface area contributed by atoms with Crippen molar-refractivity contribution in [3.05, 3.63) is 52.5 Å². The summed E-state index contributed by atoms with van der Waals surface area (Å²) in [6.07, 6.45) is 4.57. The van der Waals surface area contributed by atoms with Crippen LogP contribution in [-0.4, -0.2) is 38.9 Å². The number of hydrogen-bond donors (Lipinski definition) is 2. The fourth-order valence-electron chi connectivity index (χ4n) is 4.39. The molecule has 2 aliphatic rings. The first-order valence-electron chi connectivity index (χ1n) is 10.8. The van der Waals surface area contributed by atoms with Gasteiger partial charge in [-0.3, -0.25) is 9.59 Å². The second-order valence-electron chi connectivity index (χ2n) is 8.11. The van der Waals surface area contributed by atoms with Crippen LogP contribution in [0.4, 0.5) is 5.69 Å². The number of benzene rings is 2. The molecule has 0 atom stereocenters. The molecule has 32 heavy (non-hydrogen) atoms. The number of amides is 2. The molecule has 2 aromatic rings. The van der Waals surface area contributed by atoms with Crippen molar-refractivity contribution in [2.75, 3.05) is 32.4 Å². The average molecular weight is 459 g/mol. The summed E-state index contributed by atoms with van der Waals surface area (Å²) in [5, 5.41) is 6.05. The van der Waals surface area contributed by atoms with Crippen molar-refractivity contribution in [2.24, 2.45) is 0 Å². The molecule has 0 unspecified atom stereocenters. The third kappa shape index (κ3) is 4.54. The van der Waals surface area contributed by atoms with E-state index in [1.165, 1.54) is 0 Å². The summed E-state index contributed by atoms with van der Waals surface area (Å²) in [7, 11) is 1.57. The van der Waals surface area contributed by atoms with Gasteiger partial charge in [-0.05, 0) is 48.7 Å². The van der Waals surface area contributed by atoms with Crippen molar-refractivity contribution in [1.82, 2.24) is 5.32 Å². The van der Waals surface area contributed by atoms with Gasteiger partial charge in [0.1, 0.15) is 0 Å². The van der Waals surface area contributed by atoms with Crippen LogP contribution in [-0.2, 0) is 14.9 Å². The molecule has 2 aromatic carbocycles. The maximum atomic E-state index is 13.6. The Hall–Kier alpha value is -2.77. The largest absolute Gasteiger partial charge is 0.454 e. The molecule has 2 amide bonds. The fourth-order valence-corrected chi connectivity index (χ4v) is 4.65. The minimum Gasteiger partial charge on any atom is -0.454 e. The summed E-state index contributed by atoms with van der Waals surface area (Å²) in [6, 6.07) is 10.7. The molecule has 4 rings (SSSR count). The van der Waals surface area contributed by atoms with E-state index >= 15 is 0 Å². The SMILES string of the molecule is COCCNC(=O)c1ccc(NC(=O)C2(c3ccc4c(c3)OCO4)CCCCC2)cc1Cl. The molecule has 0 aromatic heterocycles. The Morgan fingerprint density at radius 1 is 1.06 bits per heavy atom. The smallest absolute Gasteiger partial charge is 0.252 e. The first-order valence-corrected chi connectivity index (χ1v) is 11.2. The molecule has 1 saturated carbocycles. The molecule has 2 N–H and O–H groups in total. The maximum Gasteiger partial charge on any atom is 0.252 e. The molecule has 1 fully saturated rings. The summed E-state index contributed by atoms with van der Waals surface area (Å²) in [4.78, 5) is 25.9. The van der Waals surface area contributed by atoms with Gasteiger partial charge in [0.2, 0.25) is 12.7 Å². The van der Waals surface area contributed by atoms with Gasteiger partial charge >= 0.3 is 0 Å². The van der Waals surface area contributed by atoms with Gasteiger partial charge in [-0.1, -0.05) is 36.9 Å². The van der Waals surface area contributed by atoms with Gasteiger partial charge < -0.3 is 24.8 Å². The molecule has 7 nitrogen and oxygen atoms in total. The van der Waals surface area contributed by atoms with Crippen LogP contribution >= 0.6 is 11.6 Å². The zero-order valence-corrected chi connectivity index (χ0v) is 18.8. The minimum absolute atomic E-state index is 0.0792. The number of carbonyl (C=O) groups is 2. The number of anilines is 1. The normalized spacial score (nSPS) is 16.4. The van der Waals surface area contributed by atoms with Gasteiger partial charge in [-0.15, -0.1) is 0 Å². The van der Waals surface area contributed by atoms with E-state index < -0.39 is 5.41 Å². The summed E-state index contributed by atoms with van der Waals surface area (Å²) < 4.78 is 15.9. The van der Waals surface area contributed by atoms with Crippen molar-refractivity contribution in [3.63, 3.8) is 0 Å². The second-order valence-corrected chi connectivity index (χ2v) is 8.52. The molecule has 0 spiro atoms. The van der Waals surface area contributed by atoms with E-state index in [-0.39, 0.29) is 23.6 Å². The Kier molecular flexibility index (Phi) is 6.86. The highest BCUT2D eigenvalue weighted by Crippen LogP contribution is 2.44. The lowest BCUT2D eigenvalue weighted by atomic mass is 9.68. The van der Waals surface area contributed by atoms with E-state index in [0.717, 1.165) is 37.7 Å². The van der Waals surface area contributed by atoms with Crippen molar-refractivity contribution in [3.8, 4) is 11.5 Å². The molecule has 170 valence electrons. The van der Waals surface area contributed by atoms with Crippen LogP contribution < -0.4 is 20.1 Å². The van der Waals surface area contributed by atoms with Crippen LogP contribution in [0.1, 0.15) is 48.0 Å². The van der Waals surface area contributed by atoms with Crippen molar-refractivity contribution in [1.29, 1.82) is 0 Å². The zero-order valence-electron chi connectivity index (χ0n) is 18.0. The number of fused-ring (bicyclic) bond motifs is 1. The van der Waals surface area contributed by atoms with Gasteiger partial charge in [-0.2, -0.15) is 0 Å². The maximum absolute atomic E-state index is 13.6. The molecule has 8 heteroatoms. The topological polar surface area (TPSA) is 85.9 Å². The van der Waals surface area contributed by atoms with Crippen LogP contribution in [0, 0.1) is 0 Å². The summed E-state index contributed by atoms with van der Waals surface area (Å²) >= 11 is 6.35. The predicted octanol–water partition coefficient (Wildman–Crippen LogP) is 4.29. The lowest BCUT2D eigenvalue weighted by Gasteiger charge is -2.36. The van der Waals surface area contributed by atoms with Crippen LogP contribution in [0.15, 0.2) is 36.4 Å². The average Bonchev–Trinajstić information content (AvgIpc) is 3.27. The van der Waals surface area contributed by atoms with E-state index in [2.05, 4.69) is 10.6 Å². The van der Waals surface area contributed by atoms with Gasteiger partial charge in [-0.25, -0.2) is 0 Å². The highest BCUT2D eigenvalue weighted by molar-refractivity contribution is 6.34. The Morgan fingerprint density at radius 2 is 1.84 bits per heavy atom. The number of halogens is 1. The zero-order chi connectivity index (χ0) is 22.6. The fraction of sp³-hybridized carbons (Fsp3) is 0.417. The minimum atomic E-state index is -0.651. The Morgan fingerprint density at radius 3 is 2.59 bits per heavy atom. The number of nitrogens with one attached hydrogen (secondary N) is 2. The van der Waals surface area contributed by atoms with Crippen molar-refractivity contribution >= 4 is 29.1 Å². The van der Waals surface area contributed by atoms with E-state index in [1.807, 2.05) is 18.2 Å². The van der Waals surface area contributed by atoms with Crippen LogP contribution in [0.25, 0.3) is 0 Å². The van der Waals surface area contributed by atoms with Gasteiger partial charge in [0.15, 0.2) is 11.5 Å². The number of rotatable bonds is 7. The van der Waals surface area contributed by atoms with Crippen molar-refractivity contribution < 1.29 is 23.8 Å². The molecule has 1 heterocycles. The molecule has 0 radical (unpaired) electrons. The lowest BCUT2D eigenvalue weighted by molar-refractivity contribution is -0.122. The molecular formula is C24H27ClN2O5. The molecule has 1 aliphatic carbocycles. The van der Waals surface area contributed by atoms with Gasteiger partial charge in [0.25, 0.3) is 5.91 Å². The Bertz CT molecular complexity index is 1000. The molecule has 0 bridgehead atoms. The highest BCUT2D eigenvalue weighted by atomic mass is 35.5. The lowest BCUT2D eigenvalue weighted by Crippen LogP contribution is -2.42. The second kappa shape index (κ2) is 9.79. The standard InChI is InChI=1S/C24H27ClN2O5/c1-30-12-11-26-22(28)18-7-6-17(14-19(18)25)27-23(29)24(9-3-2-4-10-24)16-5-8-20-21(13-16)32-15-31-20/h5-8,13-14H,2-4,9-12,15H2,1H3,(H,26,28)(H,27,29). The van der Waals surface area contributed by atoms with E-state index in [0.29, 0.717) is 35.9 Å². The van der Waals surface area contributed by atoms with Crippen LogP contribution in [0.5, 0.6) is 11.5 Å². The number of carbonyl (C=O) groups excluding carboxylic acids is 2.